The quantitative estimate of drug-likeness (QED) is 0.723. The van der Waals surface area contributed by atoms with Gasteiger partial charge in [0, 0.05) is 38.4 Å². The van der Waals surface area contributed by atoms with Gasteiger partial charge in [0.2, 0.25) is 5.91 Å². The van der Waals surface area contributed by atoms with Crippen LogP contribution >= 0.6 is 0 Å². The molecule has 1 aliphatic heterocycles. The first-order valence-electron chi connectivity index (χ1n) is 6.64. The summed E-state index contributed by atoms with van der Waals surface area (Å²) in [7, 11) is -2.89. The maximum absolute atomic E-state index is 11.9. The molecule has 2 rings (SSSR count). The molecule has 1 saturated heterocycles. The van der Waals surface area contributed by atoms with Gasteiger partial charge < -0.3 is 9.80 Å². The molecule has 1 heterocycles. The van der Waals surface area contributed by atoms with Crippen LogP contribution in [0.3, 0.4) is 0 Å². The molecule has 5 nitrogen and oxygen atoms in total. The van der Waals surface area contributed by atoms with Crippen molar-refractivity contribution in [2.75, 3.05) is 44.7 Å². The van der Waals surface area contributed by atoms with Gasteiger partial charge in [0.1, 0.15) is 9.84 Å². The van der Waals surface area contributed by atoms with Crippen molar-refractivity contribution in [3.05, 3.63) is 0 Å². The molecule has 0 aromatic heterocycles. The Labute approximate surface area is 109 Å². The van der Waals surface area contributed by atoms with E-state index in [1.54, 1.807) is 0 Å². The number of carbonyl (C=O) groups excluding carboxylic acids is 1. The molecule has 6 heteroatoms. The summed E-state index contributed by atoms with van der Waals surface area (Å²) < 4.78 is 22.3. The van der Waals surface area contributed by atoms with E-state index < -0.39 is 9.84 Å². The van der Waals surface area contributed by atoms with Crippen molar-refractivity contribution in [3.63, 3.8) is 0 Å². The van der Waals surface area contributed by atoms with E-state index in [4.69, 9.17) is 0 Å². The highest BCUT2D eigenvalue weighted by atomic mass is 32.2. The minimum atomic E-state index is -2.89. The fourth-order valence-electron chi connectivity index (χ4n) is 2.30. The van der Waals surface area contributed by atoms with Gasteiger partial charge in [0.25, 0.3) is 0 Å². The molecular formula is C12H22N2O3S. The molecule has 1 saturated carbocycles. The number of nitrogens with zero attached hydrogens (tertiary/aromatic N) is 2. The molecule has 0 spiro atoms. The first-order chi connectivity index (χ1) is 8.46. The summed E-state index contributed by atoms with van der Waals surface area (Å²) in [5, 5.41) is 0. The highest BCUT2D eigenvalue weighted by Crippen LogP contribution is 2.31. The Balaban J connectivity index is 1.79. The maximum atomic E-state index is 11.9. The van der Waals surface area contributed by atoms with Gasteiger partial charge in [0.05, 0.1) is 5.75 Å². The molecule has 104 valence electrons. The minimum Gasteiger partial charge on any atom is -0.341 e. The number of rotatable bonds is 4. The van der Waals surface area contributed by atoms with E-state index in [9.17, 15) is 13.2 Å². The Morgan fingerprint density at radius 2 is 1.89 bits per heavy atom. The second kappa shape index (κ2) is 5.57. The first-order valence-corrected chi connectivity index (χ1v) is 8.70. The molecule has 0 N–H and O–H groups in total. The van der Waals surface area contributed by atoms with Gasteiger partial charge in [-0.2, -0.15) is 0 Å². The van der Waals surface area contributed by atoms with Crippen molar-refractivity contribution in [1.29, 1.82) is 0 Å². The Hall–Kier alpha value is -0.620. The highest BCUT2D eigenvalue weighted by molar-refractivity contribution is 7.90. The van der Waals surface area contributed by atoms with Crippen molar-refractivity contribution in [2.24, 2.45) is 5.92 Å². The summed E-state index contributed by atoms with van der Waals surface area (Å²) in [6.45, 7) is 3.85. The third-order valence-corrected chi connectivity index (χ3v) is 4.53. The fourth-order valence-corrected chi connectivity index (χ4v) is 2.89. The number of hydrogen-bond acceptors (Lipinski definition) is 4. The third-order valence-electron chi connectivity index (χ3n) is 3.61. The van der Waals surface area contributed by atoms with Crippen LogP contribution in [0.15, 0.2) is 0 Å². The van der Waals surface area contributed by atoms with Crippen LogP contribution in [0.4, 0.5) is 0 Å². The zero-order valence-electron chi connectivity index (χ0n) is 11.0. The average molecular weight is 274 g/mol. The number of amides is 1. The molecule has 2 aliphatic rings. The minimum absolute atomic E-state index is 0.212. The summed E-state index contributed by atoms with van der Waals surface area (Å²) >= 11 is 0. The molecule has 0 unspecified atom stereocenters. The lowest BCUT2D eigenvalue weighted by Gasteiger charge is -2.21. The van der Waals surface area contributed by atoms with Gasteiger partial charge in [-0.1, -0.05) is 0 Å². The fraction of sp³-hybridized carbons (Fsp3) is 0.917. The predicted octanol–water partition coefficient (Wildman–Crippen LogP) is -0.0247. The normalized spacial score (nSPS) is 22.8. The Morgan fingerprint density at radius 3 is 2.50 bits per heavy atom. The van der Waals surface area contributed by atoms with Crippen LogP contribution in [0.2, 0.25) is 0 Å². The monoisotopic (exact) mass is 274 g/mol. The lowest BCUT2D eigenvalue weighted by Crippen LogP contribution is -2.37. The van der Waals surface area contributed by atoms with E-state index in [2.05, 4.69) is 4.90 Å². The van der Waals surface area contributed by atoms with Crippen LogP contribution in [0.25, 0.3) is 0 Å². The van der Waals surface area contributed by atoms with Crippen LogP contribution in [-0.4, -0.2) is 68.9 Å². The summed E-state index contributed by atoms with van der Waals surface area (Å²) in [5.74, 6) is 0.802. The summed E-state index contributed by atoms with van der Waals surface area (Å²) in [5.41, 5.74) is 0. The van der Waals surface area contributed by atoms with Gasteiger partial charge in [-0.25, -0.2) is 8.42 Å². The summed E-state index contributed by atoms with van der Waals surface area (Å²) in [6.07, 6.45) is 4.32. The van der Waals surface area contributed by atoms with E-state index >= 15 is 0 Å². The number of hydrogen-bond donors (Lipinski definition) is 0. The lowest BCUT2D eigenvalue weighted by molar-refractivity contribution is -0.132. The molecule has 0 bridgehead atoms. The van der Waals surface area contributed by atoms with Gasteiger partial charge in [-0.3, -0.25) is 4.79 Å². The first kappa shape index (κ1) is 13.8. The molecule has 0 atom stereocenters. The van der Waals surface area contributed by atoms with Gasteiger partial charge in [-0.15, -0.1) is 0 Å². The molecule has 0 radical (unpaired) electrons. The molecule has 0 aromatic rings. The number of carbonyl (C=O) groups is 1. The van der Waals surface area contributed by atoms with Gasteiger partial charge >= 0.3 is 0 Å². The smallest absolute Gasteiger partial charge is 0.225 e. The molecule has 2 fully saturated rings. The Bertz CT molecular complexity index is 404. The summed E-state index contributed by atoms with van der Waals surface area (Å²) in [6, 6.07) is 0. The largest absolute Gasteiger partial charge is 0.341 e. The van der Waals surface area contributed by atoms with Crippen molar-refractivity contribution in [3.8, 4) is 0 Å². The van der Waals surface area contributed by atoms with Crippen molar-refractivity contribution in [1.82, 2.24) is 9.80 Å². The zero-order chi connectivity index (χ0) is 13.2. The van der Waals surface area contributed by atoms with Crippen LogP contribution in [0, 0.1) is 5.92 Å². The van der Waals surface area contributed by atoms with Crippen molar-refractivity contribution < 1.29 is 13.2 Å². The predicted molar refractivity (Wildman–Crippen MR) is 70.1 cm³/mol. The second-order valence-corrected chi connectivity index (χ2v) is 7.68. The van der Waals surface area contributed by atoms with E-state index in [-0.39, 0.29) is 11.7 Å². The average Bonchev–Trinajstić information content (AvgIpc) is 3.11. The van der Waals surface area contributed by atoms with Crippen LogP contribution in [0.1, 0.15) is 19.3 Å². The van der Waals surface area contributed by atoms with Gasteiger partial charge in [0.15, 0.2) is 0 Å². The van der Waals surface area contributed by atoms with E-state index in [1.165, 1.54) is 6.26 Å². The van der Waals surface area contributed by atoms with Crippen molar-refractivity contribution in [2.45, 2.75) is 19.3 Å². The van der Waals surface area contributed by atoms with Gasteiger partial charge in [-0.05, 0) is 25.8 Å². The van der Waals surface area contributed by atoms with Crippen LogP contribution in [-0.2, 0) is 14.6 Å². The Kier molecular flexibility index (Phi) is 4.27. The van der Waals surface area contributed by atoms with Crippen LogP contribution in [0.5, 0.6) is 0 Å². The molecule has 18 heavy (non-hydrogen) atoms. The second-order valence-electron chi connectivity index (χ2n) is 5.42. The van der Waals surface area contributed by atoms with Crippen LogP contribution < -0.4 is 0 Å². The SMILES string of the molecule is CS(=O)(=O)CCN1CCCN(C(=O)C2CC2)CC1. The zero-order valence-corrected chi connectivity index (χ0v) is 11.8. The van der Waals surface area contributed by atoms with Crippen molar-refractivity contribution >= 4 is 15.7 Å². The lowest BCUT2D eigenvalue weighted by atomic mass is 10.3. The molecule has 0 aromatic carbocycles. The summed E-state index contributed by atoms with van der Waals surface area (Å²) in [4.78, 5) is 16.1. The van der Waals surface area contributed by atoms with E-state index in [1.807, 2.05) is 4.90 Å². The highest BCUT2D eigenvalue weighted by Gasteiger charge is 2.33. The third kappa shape index (κ3) is 4.24. The van der Waals surface area contributed by atoms with E-state index in [0.717, 1.165) is 45.4 Å². The molecular weight excluding hydrogens is 252 g/mol. The maximum Gasteiger partial charge on any atom is 0.225 e. The topological polar surface area (TPSA) is 57.7 Å². The standard InChI is InChI=1S/C12H22N2O3S/c1-18(16,17)10-9-13-5-2-6-14(8-7-13)12(15)11-3-4-11/h11H,2-10H2,1H3. The number of sulfone groups is 1. The molecule has 1 aliphatic carbocycles. The van der Waals surface area contributed by atoms with E-state index in [0.29, 0.717) is 12.5 Å². The Morgan fingerprint density at radius 1 is 1.17 bits per heavy atom. The molecule has 1 amide bonds.